The lowest BCUT2D eigenvalue weighted by Crippen LogP contribution is -2.15. The van der Waals surface area contributed by atoms with E-state index in [0.717, 1.165) is 15.7 Å². The first-order chi connectivity index (χ1) is 15.0. The van der Waals surface area contributed by atoms with E-state index in [1.165, 1.54) is 0 Å². The largest absolute Gasteiger partial charge is 0.451 e. The zero-order valence-corrected chi connectivity index (χ0v) is 18.4. The van der Waals surface area contributed by atoms with Gasteiger partial charge in [0.15, 0.2) is 18.2 Å². The Morgan fingerprint density at radius 1 is 0.935 bits per heavy atom. The minimum atomic E-state index is -0.782. The van der Waals surface area contributed by atoms with Gasteiger partial charge < -0.3 is 4.74 Å². The lowest BCUT2D eigenvalue weighted by molar-refractivity contribution is 0.0462. The van der Waals surface area contributed by atoms with Gasteiger partial charge in [-0.25, -0.2) is 14.5 Å². The molecule has 0 radical (unpaired) electrons. The van der Waals surface area contributed by atoms with Crippen molar-refractivity contribution in [2.45, 2.75) is 0 Å². The second-order valence-corrected chi connectivity index (χ2v) is 7.87. The van der Waals surface area contributed by atoms with Gasteiger partial charge in [-0.1, -0.05) is 57.9 Å². The molecule has 3 aromatic carbocycles. The number of carbonyl (C=O) groups excluding carboxylic acids is 2. The number of aromatic nitrogens is 3. The van der Waals surface area contributed by atoms with Gasteiger partial charge in [-0.15, -0.1) is 5.10 Å². The van der Waals surface area contributed by atoms with Gasteiger partial charge in [0.25, 0.3) is 5.82 Å². The van der Waals surface area contributed by atoms with E-state index >= 15 is 0 Å². The van der Waals surface area contributed by atoms with Gasteiger partial charge in [-0.3, -0.25) is 4.79 Å². The van der Waals surface area contributed by atoms with Crippen molar-refractivity contribution in [2.75, 3.05) is 6.61 Å². The molecular formula is C23H15BrClN3O3. The van der Waals surface area contributed by atoms with Crippen molar-refractivity contribution in [1.29, 1.82) is 0 Å². The first-order valence-electron chi connectivity index (χ1n) is 9.25. The molecule has 1 heterocycles. The molecule has 0 unspecified atom stereocenters. The molecule has 31 heavy (non-hydrogen) atoms. The fourth-order valence-corrected chi connectivity index (χ4v) is 3.24. The number of nitrogens with zero attached hydrogens (tertiary/aromatic N) is 3. The maximum atomic E-state index is 12.6. The second kappa shape index (κ2) is 9.24. The van der Waals surface area contributed by atoms with Crippen LogP contribution in [0.4, 0.5) is 0 Å². The van der Waals surface area contributed by atoms with Crippen LogP contribution in [0.25, 0.3) is 17.1 Å². The Balaban J connectivity index is 1.59. The zero-order valence-electron chi connectivity index (χ0n) is 16.0. The highest BCUT2D eigenvalue weighted by Crippen LogP contribution is 2.23. The van der Waals surface area contributed by atoms with Crippen LogP contribution in [-0.2, 0) is 4.74 Å². The normalized spacial score (nSPS) is 10.6. The lowest BCUT2D eigenvalue weighted by atomic mass is 10.1. The second-order valence-electron chi connectivity index (χ2n) is 6.52. The molecule has 0 amide bonds. The number of benzene rings is 3. The summed E-state index contributed by atoms with van der Waals surface area (Å²) < 4.78 is 7.66. The highest BCUT2D eigenvalue weighted by molar-refractivity contribution is 9.10. The van der Waals surface area contributed by atoms with E-state index in [-0.39, 0.29) is 11.6 Å². The summed E-state index contributed by atoms with van der Waals surface area (Å²) in [5.41, 5.74) is 1.91. The molecular weight excluding hydrogens is 482 g/mol. The average Bonchev–Trinajstić information content (AvgIpc) is 3.24. The molecule has 0 fully saturated rings. The fourth-order valence-electron chi connectivity index (χ4n) is 2.85. The van der Waals surface area contributed by atoms with Crippen molar-refractivity contribution in [1.82, 2.24) is 14.8 Å². The van der Waals surface area contributed by atoms with E-state index in [4.69, 9.17) is 16.3 Å². The van der Waals surface area contributed by atoms with E-state index in [2.05, 4.69) is 26.0 Å². The number of hydrogen-bond donors (Lipinski definition) is 0. The molecule has 0 saturated carbocycles. The minimum Gasteiger partial charge on any atom is -0.451 e. The topological polar surface area (TPSA) is 74.1 Å². The molecule has 0 aliphatic rings. The summed E-state index contributed by atoms with van der Waals surface area (Å²) >= 11 is 9.24. The van der Waals surface area contributed by atoms with Gasteiger partial charge in [0.1, 0.15) is 0 Å². The molecule has 0 saturated heterocycles. The van der Waals surface area contributed by atoms with Crippen molar-refractivity contribution in [3.05, 3.63) is 99.7 Å². The number of esters is 1. The first-order valence-corrected chi connectivity index (χ1v) is 10.4. The Labute approximate surface area is 191 Å². The van der Waals surface area contributed by atoms with Gasteiger partial charge in [-0.05, 0) is 48.5 Å². The van der Waals surface area contributed by atoms with Gasteiger partial charge in [0.2, 0.25) is 0 Å². The van der Waals surface area contributed by atoms with Gasteiger partial charge >= 0.3 is 5.97 Å². The van der Waals surface area contributed by atoms with Crippen LogP contribution in [0.1, 0.15) is 21.0 Å². The third-order valence-corrected chi connectivity index (χ3v) is 5.17. The first kappa shape index (κ1) is 21.0. The fraction of sp³-hybridized carbons (Fsp3) is 0.0435. The summed E-state index contributed by atoms with van der Waals surface area (Å²) in [4.78, 5) is 29.2. The average molecular weight is 497 g/mol. The van der Waals surface area contributed by atoms with Crippen LogP contribution in [0.5, 0.6) is 0 Å². The van der Waals surface area contributed by atoms with Crippen molar-refractivity contribution in [3.63, 3.8) is 0 Å². The predicted octanol–water partition coefficient (Wildman–Crippen LogP) is 5.39. The number of ether oxygens (including phenoxy) is 1. The van der Waals surface area contributed by atoms with Crippen molar-refractivity contribution in [3.8, 4) is 17.1 Å². The van der Waals surface area contributed by atoms with Crippen LogP contribution in [0, 0.1) is 0 Å². The monoisotopic (exact) mass is 495 g/mol. The van der Waals surface area contributed by atoms with Crippen LogP contribution in [0.2, 0.25) is 5.02 Å². The van der Waals surface area contributed by atoms with Crippen LogP contribution >= 0.6 is 27.5 Å². The minimum absolute atomic E-state index is 0.134. The molecule has 8 heteroatoms. The number of halogens is 2. The van der Waals surface area contributed by atoms with Gasteiger partial charge in [-0.2, -0.15) is 0 Å². The standard InChI is InChI=1S/C23H15BrClN3O3/c24-17-10-6-16(7-11-17)22-26-21(27-28(22)19-4-2-1-3-5-19)23(30)31-14-20(29)15-8-12-18(25)13-9-15/h1-13H,14H2. The molecule has 0 spiro atoms. The Kier molecular flexibility index (Phi) is 6.25. The highest BCUT2D eigenvalue weighted by Gasteiger charge is 2.21. The number of carbonyl (C=O) groups is 2. The number of ketones is 1. The Morgan fingerprint density at radius 2 is 1.61 bits per heavy atom. The third kappa shape index (κ3) is 4.90. The lowest BCUT2D eigenvalue weighted by Gasteiger charge is -2.05. The third-order valence-electron chi connectivity index (χ3n) is 4.39. The van der Waals surface area contributed by atoms with E-state index in [1.807, 2.05) is 54.6 Å². The maximum Gasteiger partial charge on any atom is 0.378 e. The number of Topliss-reactive ketones (excluding diaryl/α,β-unsaturated/α-hetero) is 1. The summed E-state index contributed by atoms with van der Waals surface area (Å²) in [6.45, 7) is -0.423. The van der Waals surface area contributed by atoms with Gasteiger partial charge in [0, 0.05) is 20.6 Å². The molecule has 0 atom stereocenters. The smallest absolute Gasteiger partial charge is 0.378 e. The molecule has 1 aromatic heterocycles. The van der Waals surface area contributed by atoms with Crippen molar-refractivity contribution in [2.24, 2.45) is 0 Å². The Morgan fingerprint density at radius 3 is 2.29 bits per heavy atom. The van der Waals surface area contributed by atoms with Gasteiger partial charge in [0.05, 0.1) is 5.69 Å². The summed E-state index contributed by atoms with van der Waals surface area (Å²) in [6, 6.07) is 23.2. The number of rotatable bonds is 6. The van der Waals surface area contributed by atoms with Crippen molar-refractivity contribution >= 4 is 39.3 Å². The molecule has 154 valence electrons. The maximum absolute atomic E-state index is 12.6. The van der Waals surface area contributed by atoms with E-state index in [0.29, 0.717) is 16.4 Å². The molecule has 0 N–H and O–H groups in total. The summed E-state index contributed by atoms with van der Waals surface area (Å²) in [5, 5.41) is 4.85. The Hall–Kier alpha value is -3.29. The number of para-hydroxylation sites is 1. The molecule has 6 nitrogen and oxygen atoms in total. The molecule has 4 rings (SSSR count). The van der Waals surface area contributed by atoms with Crippen LogP contribution in [0.15, 0.2) is 83.3 Å². The molecule has 0 aliphatic heterocycles. The van der Waals surface area contributed by atoms with Crippen LogP contribution < -0.4 is 0 Å². The van der Waals surface area contributed by atoms with Crippen molar-refractivity contribution < 1.29 is 14.3 Å². The van der Waals surface area contributed by atoms with Crippen LogP contribution in [-0.4, -0.2) is 33.1 Å². The quantitative estimate of drug-likeness (QED) is 0.264. The molecule has 0 aliphatic carbocycles. The summed E-state index contributed by atoms with van der Waals surface area (Å²) in [5.74, 6) is -0.781. The highest BCUT2D eigenvalue weighted by atomic mass is 79.9. The summed E-state index contributed by atoms with van der Waals surface area (Å²) in [7, 11) is 0. The molecule has 0 bridgehead atoms. The SMILES string of the molecule is O=C(COC(=O)c1nc(-c2ccc(Br)cc2)n(-c2ccccc2)n1)c1ccc(Cl)cc1. The zero-order chi connectivity index (χ0) is 21.8. The number of hydrogen-bond acceptors (Lipinski definition) is 5. The molecule has 4 aromatic rings. The summed E-state index contributed by atoms with van der Waals surface area (Å²) in [6.07, 6.45) is 0. The van der Waals surface area contributed by atoms with E-state index in [9.17, 15) is 9.59 Å². The van der Waals surface area contributed by atoms with E-state index < -0.39 is 12.6 Å². The predicted molar refractivity (Wildman–Crippen MR) is 121 cm³/mol. The van der Waals surface area contributed by atoms with Crippen LogP contribution in [0.3, 0.4) is 0 Å². The van der Waals surface area contributed by atoms with E-state index in [1.54, 1.807) is 28.9 Å². The Bertz CT molecular complexity index is 1220.